The molecule has 1 aliphatic carbocycles. The van der Waals surface area contributed by atoms with Gasteiger partial charge in [0.1, 0.15) is 0 Å². The molecule has 4 heteroatoms. The molecule has 1 fully saturated rings. The Labute approximate surface area is 141 Å². The second kappa shape index (κ2) is 6.44. The summed E-state index contributed by atoms with van der Waals surface area (Å²) in [6, 6.07) is 6.48. The molecule has 2 aliphatic rings. The Hall–Kier alpha value is -1.68. The van der Waals surface area contributed by atoms with Crippen molar-refractivity contribution in [2.75, 3.05) is 6.54 Å². The summed E-state index contributed by atoms with van der Waals surface area (Å²) in [4.78, 5) is 21.8. The van der Waals surface area contributed by atoms with E-state index in [1.165, 1.54) is 35.3 Å². The minimum atomic E-state index is 0.199. The second-order valence-electron chi connectivity index (χ2n) is 6.56. The van der Waals surface area contributed by atoms with Crippen molar-refractivity contribution >= 4 is 17.2 Å². The third-order valence-corrected chi connectivity index (χ3v) is 6.29. The quantitative estimate of drug-likeness (QED) is 0.820. The molecule has 23 heavy (non-hydrogen) atoms. The maximum atomic E-state index is 13.2. The Morgan fingerprint density at radius 3 is 2.83 bits per heavy atom. The lowest BCUT2D eigenvalue weighted by atomic mass is 10.0. The molecule has 1 saturated heterocycles. The van der Waals surface area contributed by atoms with E-state index in [0.29, 0.717) is 0 Å². The van der Waals surface area contributed by atoms with E-state index in [2.05, 4.69) is 28.1 Å². The molecule has 3 nitrogen and oxygen atoms in total. The van der Waals surface area contributed by atoms with Crippen LogP contribution in [0.15, 0.2) is 30.6 Å². The SMILES string of the molecule is O=C(c1cc2c(s1)CCC2)N1CCCCCC1c1ccncc1. The van der Waals surface area contributed by atoms with Gasteiger partial charge in [0, 0.05) is 23.8 Å². The average Bonchev–Trinajstić information content (AvgIpc) is 3.09. The van der Waals surface area contributed by atoms with Crippen LogP contribution in [-0.4, -0.2) is 22.3 Å². The van der Waals surface area contributed by atoms with Crippen molar-refractivity contribution in [3.8, 4) is 0 Å². The average molecular weight is 326 g/mol. The van der Waals surface area contributed by atoms with Crippen LogP contribution in [0.3, 0.4) is 0 Å². The number of thiophene rings is 1. The van der Waals surface area contributed by atoms with E-state index in [4.69, 9.17) is 0 Å². The minimum absolute atomic E-state index is 0.199. The lowest BCUT2D eigenvalue weighted by molar-refractivity contribution is 0.0686. The summed E-state index contributed by atoms with van der Waals surface area (Å²) in [6.45, 7) is 0.869. The van der Waals surface area contributed by atoms with Crippen LogP contribution < -0.4 is 0 Å². The summed E-state index contributed by atoms with van der Waals surface area (Å²) in [5, 5.41) is 0. The number of pyridine rings is 1. The fourth-order valence-electron chi connectivity index (χ4n) is 3.86. The van der Waals surface area contributed by atoms with Crippen LogP contribution in [0.2, 0.25) is 0 Å². The van der Waals surface area contributed by atoms with Crippen LogP contribution in [0.25, 0.3) is 0 Å². The maximum Gasteiger partial charge on any atom is 0.264 e. The van der Waals surface area contributed by atoms with Crippen LogP contribution in [0, 0.1) is 0 Å². The van der Waals surface area contributed by atoms with Gasteiger partial charge in [-0.15, -0.1) is 11.3 Å². The first-order chi connectivity index (χ1) is 11.3. The van der Waals surface area contributed by atoms with Crippen molar-refractivity contribution in [3.63, 3.8) is 0 Å². The van der Waals surface area contributed by atoms with E-state index < -0.39 is 0 Å². The zero-order chi connectivity index (χ0) is 15.6. The van der Waals surface area contributed by atoms with Crippen LogP contribution in [-0.2, 0) is 12.8 Å². The third-order valence-electron chi connectivity index (χ3n) is 5.06. The summed E-state index contributed by atoms with van der Waals surface area (Å²) in [5.74, 6) is 0.230. The number of amides is 1. The zero-order valence-electron chi connectivity index (χ0n) is 13.3. The highest BCUT2D eigenvalue weighted by Gasteiger charge is 2.29. The topological polar surface area (TPSA) is 33.2 Å². The third kappa shape index (κ3) is 2.92. The molecule has 0 radical (unpaired) electrons. The van der Waals surface area contributed by atoms with Gasteiger partial charge >= 0.3 is 0 Å². The molecule has 0 bridgehead atoms. The predicted octanol–water partition coefficient (Wildman–Crippen LogP) is 4.39. The van der Waals surface area contributed by atoms with Gasteiger partial charge in [-0.25, -0.2) is 0 Å². The molecule has 4 rings (SSSR count). The van der Waals surface area contributed by atoms with Crippen LogP contribution >= 0.6 is 11.3 Å². The van der Waals surface area contributed by atoms with Gasteiger partial charge in [0.05, 0.1) is 10.9 Å². The van der Waals surface area contributed by atoms with Crippen molar-refractivity contribution in [2.45, 2.75) is 51.0 Å². The van der Waals surface area contributed by atoms with Gasteiger partial charge in [-0.05, 0) is 61.4 Å². The summed E-state index contributed by atoms with van der Waals surface area (Å²) in [6.07, 6.45) is 11.8. The number of hydrogen-bond acceptors (Lipinski definition) is 3. The maximum absolute atomic E-state index is 13.2. The number of rotatable bonds is 2. The van der Waals surface area contributed by atoms with Gasteiger partial charge in [-0.1, -0.05) is 12.8 Å². The number of carbonyl (C=O) groups is 1. The minimum Gasteiger partial charge on any atom is -0.331 e. The van der Waals surface area contributed by atoms with Crippen molar-refractivity contribution in [3.05, 3.63) is 51.5 Å². The lowest BCUT2D eigenvalue weighted by Gasteiger charge is -2.30. The number of carbonyl (C=O) groups excluding carboxylic acids is 1. The molecule has 1 atom stereocenters. The van der Waals surface area contributed by atoms with E-state index in [1.807, 2.05) is 12.4 Å². The Balaban J connectivity index is 1.64. The first-order valence-electron chi connectivity index (χ1n) is 8.65. The van der Waals surface area contributed by atoms with Gasteiger partial charge in [-0.2, -0.15) is 0 Å². The van der Waals surface area contributed by atoms with Crippen molar-refractivity contribution in [1.82, 2.24) is 9.88 Å². The second-order valence-corrected chi connectivity index (χ2v) is 7.69. The summed E-state index contributed by atoms with van der Waals surface area (Å²) >= 11 is 1.72. The number of likely N-dealkylation sites (tertiary alicyclic amines) is 1. The van der Waals surface area contributed by atoms with Crippen molar-refractivity contribution in [1.29, 1.82) is 0 Å². The Morgan fingerprint density at radius 2 is 2.00 bits per heavy atom. The van der Waals surface area contributed by atoms with E-state index in [9.17, 15) is 4.79 Å². The smallest absolute Gasteiger partial charge is 0.264 e. The number of aromatic nitrogens is 1. The Kier molecular flexibility index (Phi) is 4.17. The monoisotopic (exact) mass is 326 g/mol. The molecule has 3 heterocycles. The zero-order valence-corrected chi connectivity index (χ0v) is 14.1. The fourth-order valence-corrected chi connectivity index (χ4v) is 5.07. The summed E-state index contributed by atoms with van der Waals surface area (Å²) in [7, 11) is 0. The molecule has 1 unspecified atom stereocenters. The van der Waals surface area contributed by atoms with Gasteiger partial charge in [-0.3, -0.25) is 9.78 Å². The highest BCUT2D eigenvalue weighted by atomic mass is 32.1. The molecular weight excluding hydrogens is 304 g/mol. The normalized spacial score (nSPS) is 21.0. The lowest BCUT2D eigenvalue weighted by Crippen LogP contribution is -2.34. The largest absolute Gasteiger partial charge is 0.331 e. The van der Waals surface area contributed by atoms with E-state index in [-0.39, 0.29) is 11.9 Å². The molecule has 2 aromatic rings. The Bertz CT molecular complexity index is 673. The molecule has 1 amide bonds. The highest BCUT2D eigenvalue weighted by molar-refractivity contribution is 7.14. The van der Waals surface area contributed by atoms with E-state index in [1.54, 1.807) is 11.3 Å². The van der Waals surface area contributed by atoms with E-state index >= 15 is 0 Å². The molecule has 0 aromatic carbocycles. The van der Waals surface area contributed by atoms with Gasteiger partial charge in [0.2, 0.25) is 0 Å². The molecular formula is C19H22N2OS. The highest BCUT2D eigenvalue weighted by Crippen LogP contribution is 2.35. The van der Waals surface area contributed by atoms with Gasteiger partial charge in [0.25, 0.3) is 5.91 Å². The standard InChI is InChI=1S/C19H22N2OS/c22-19(18-13-15-5-4-7-17(15)23-18)21-12-3-1-2-6-16(21)14-8-10-20-11-9-14/h8-11,13,16H,1-7,12H2. The van der Waals surface area contributed by atoms with Crippen LogP contribution in [0.4, 0.5) is 0 Å². The van der Waals surface area contributed by atoms with Gasteiger partial charge in [0.15, 0.2) is 0 Å². The predicted molar refractivity (Wildman–Crippen MR) is 92.8 cm³/mol. The fraction of sp³-hybridized carbons (Fsp3) is 0.474. The molecule has 0 spiro atoms. The van der Waals surface area contributed by atoms with Crippen molar-refractivity contribution < 1.29 is 4.79 Å². The van der Waals surface area contributed by atoms with E-state index in [0.717, 1.165) is 37.1 Å². The van der Waals surface area contributed by atoms with Gasteiger partial charge < -0.3 is 4.90 Å². The first kappa shape index (κ1) is 14.9. The number of fused-ring (bicyclic) bond motifs is 1. The van der Waals surface area contributed by atoms with Crippen LogP contribution in [0.5, 0.6) is 0 Å². The molecule has 0 N–H and O–H groups in total. The number of hydrogen-bond donors (Lipinski definition) is 0. The number of aryl methyl sites for hydroxylation is 2. The Morgan fingerprint density at radius 1 is 1.13 bits per heavy atom. The summed E-state index contributed by atoms with van der Waals surface area (Å²) < 4.78 is 0. The molecule has 2 aromatic heterocycles. The first-order valence-corrected chi connectivity index (χ1v) is 9.47. The summed E-state index contributed by atoms with van der Waals surface area (Å²) in [5.41, 5.74) is 2.63. The molecule has 0 saturated carbocycles. The van der Waals surface area contributed by atoms with Crippen molar-refractivity contribution in [2.24, 2.45) is 0 Å². The molecule has 120 valence electrons. The van der Waals surface area contributed by atoms with Crippen LogP contribution in [0.1, 0.15) is 63.8 Å². The number of nitrogens with zero attached hydrogens (tertiary/aromatic N) is 2. The molecule has 1 aliphatic heterocycles.